The van der Waals surface area contributed by atoms with Gasteiger partial charge in [0.2, 0.25) is 0 Å². The third kappa shape index (κ3) is 3.20. The number of rotatable bonds is 3. The van der Waals surface area contributed by atoms with Gasteiger partial charge in [-0.1, -0.05) is 28.1 Å². The van der Waals surface area contributed by atoms with Gasteiger partial charge < -0.3 is 10.5 Å². The van der Waals surface area contributed by atoms with Crippen LogP contribution in [0.5, 0.6) is 11.8 Å². The number of aryl methyl sites for hydroxylation is 1. The standard InChI is InChI=1S/C16H14BrN3O/c1-10-6-14(9-18)20-16(19-10)21-15-5-3-11-7-13(17)4-2-12(11)8-15/h2-8H,9,18H2,1H3. The lowest BCUT2D eigenvalue weighted by molar-refractivity contribution is 0.438. The number of hydrogen-bond donors (Lipinski definition) is 1. The minimum absolute atomic E-state index is 0.326. The summed E-state index contributed by atoms with van der Waals surface area (Å²) in [6.07, 6.45) is 0. The van der Waals surface area contributed by atoms with Crippen LogP contribution in [0.4, 0.5) is 0 Å². The molecule has 3 aromatic rings. The Hall–Kier alpha value is -1.98. The highest BCUT2D eigenvalue weighted by Gasteiger charge is 2.05. The molecule has 106 valence electrons. The van der Waals surface area contributed by atoms with Crippen molar-refractivity contribution in [3.05, 3.63) is 58.3 Å². The minimum Gasteiger partial charge on any atom is -0.424 e. The Kier molecular flexibility index (Phi) is 3.86. The molecule has 0 spiro atoms. The molecule has 0 bridgehead atoms. The summed E-state index contributed by atoms with van der Waals surface area (Å²) < 4.78 is 6.80. The number of nitrogens with two attached hydrogens (primary N) is 1. The van der Waals surface area contributed by atoms with E-state index in [0.29, 0.717) is 18.3 Å². The van der Waals surface area contributed by atoms with Crippen molar-refractivity contribution in [2.45, 2.75) is 13.5 Å². The van der Waals surface area contributed by atoms with Crippen molar-refractivity contribution in [1.82, 2.24) is 9.97 Å². The Morgan fingerprint density at radius 2 is 1.81 bits per heavy atom. The summed E-state index contributed by atoms with van der Waals surface area (Å²) in [5, 5.41) is 2.24. The van der Waals surface area contributed by atoms with Crippen LogP contribution in [0.3, 0.4) is 0 Å². The first kappa shape index (κ1) is 14.0. The Bertz CT molecular complexity index is 805. The number of nitrogens with zero attached hydrogens (tertiary/aromatic N) is 2. The Balaban J connectivity index is 1.94. The predicted octanol–water partition coefficient (Wildman–Crippen LogP) is 3.95. The number of benzene rings is 2. The summed E-state index contributed by atoms with van der Waals surface area (Å²) in [6.45, 7) is 2.26. The van der Waals surface area contributed by atoms with E-state index < -0.39 is 0 Å². The van der Waals surface area contributed by atoms with Crippen LogP contribution in [0.25, 0.3) is 10.8 Å². The molecule has 0 aliphatic carbocycles. The van der Waals surface area contributed by atoms with Gasteiger partial charge in [-0.3, -0.25) is 0 Å². The SMILES string of the molecule is Cc1cc(CN)nc(Oc2ccc3cc(Br)ccc3c2)n1. The van der Waals surface area contributed by atoms with Gasteiger partial charge in [0, 0.05) is 16.7 Å². The fourth-order valence-corrected chi connectivity index (χ4v) is 2.50. The highest BCUT2D eigenvalue weighted by Crippen LogP contribution is 2.26. The second-order valence-corrected chi connectivity index (χ2v) is 5.66. The monoisotopic (exact) mass is 343 g/mol. The molecule has 0 aliphatic rings. The smallest absolute Gasteiger partial charge is 0.322 e. The first-order valence-electron chi connectivity index (χ1n) is 6.56. The molecule has 0 saturated heterocycles. The van der Waals surface area contributed by atoms with Crippen LogP contribution in [-0.4, -0.2) is 9.97 Å². The zero-order valence-corrected chi connectivity index (χ0v) is 13.1. The van der Waals surface area contributed by atoms with Crippen LogP contribution in [-0.2, 0) is 6.54 Å². The number of halogens is 1. The van der Waals surface area contributed by atoms with Crippen LogP contribution in [0.15, 0.2) is 46.9 Å². The first-order valence-corrected chi connectivity index (χ1v) is 7.35. The van der Waals surface area contributed by atoms with Crippen LogP contribution < -0.4 is 10.5 Å². The Labute approximate surface area is 131 Å². The van der Waals surface area contributed by atoms with Gasteiger partial charge >= 0.3 is 6.01 Å². The second kappa shape index (κ2) is 5.79. The summed E-state index contributed by atoms with van der Waals surface area (Å²) in [5.41, 5.74) is 7.22. The van der Waals surface area contributed by atoms with E-state index in [4.69, 9.17) is 10.5 Å². The molecule has 0 fully saturated rings. The molecule has 0 amide bonds. The van der Waals surface area contributed by atoms with Gasteiger partial charge in [-0.05, 0) is 48.0 Å². The average Bonchev–Trinajstić information content (AvgIpc) is 2.47. The molecule has 4 nitrogen and oxygen atoms in total. The van der Waals surface area contributed by atoms with Crippen molar-refractivity contribution in [2.24, 2.45) is 5.73 Å². The van der Waals surface area contributed by atoms with Crippen LogP contribution in [0, 0.1) is 6.92 Å². The molecule has 2 aromatic carbocycles. The van der Waals surface area contributed by atoms with Gasteiger partial charge in [0.15, 0.2) is 0 Å². The maximum atomic E-state index is 5.75. The molecular formula is C16H14BrN3O. The fourth-order valence-electron chi connectivity index (χ4n) is 2.12. The number of hydrogen-bond acceptors (Lipinski definition) is 4. The van der Waals surface area contributed by atoms with Gasteiger partial charge in [-0.2, -0.15) is 4.98 Å². The van der Waals surface area contributed by atoms with Crippen LogP contribution in [0.1, 0.15) is 11.4 Å². The molecule has 3 rings (SSSR count). The summed E-state index contributed by atoms with van der Waals surface area (Å²) in [4.78, 5) is 8.55. The normalized spacial score (nSPS) is 10.8. The topological polar surface area (TPSA) is 61.0 Å². The summed E-state index contributed by atoms with van der Waals surface area (Å²) in [6, 6.07) is 14.2. The Morgan fingerprint density at radius 1 is 1.05 bits per heavy atom. The predicted molar refractivity (Wildman–Crippen MR) is 86.4 cm³/mol. The maximum absolute atomic E-state index is 5.75. The van der Waals surface area contributed by atoms with Gasteiger partial charge in [0.25, 0.3) is 0 Å². The maximum Gasteiger partial charge on any atom is 0.322 e. The first-order chi connectivity index (χ1) is 10.1. The summed E-state index contributed by atoms with van der Waals surface area (Å²) >= 11 is 3.47. The largest absolute Gasteiger partial charge is 0.424 e. The number of fused-ring (bicyclic) bond motifs is 1. The van der Waals surface area contributed by atoms with Crippen molar-refractivity contribution in [1.29, 1.82) is 0 Å². The third-order valence-electron chi connectivity index (χ3n) is 3.08. The lowest BCUT2D eigenvalue weighted by atomic mass is 10.1. The van der Waals surface area contributed by atoms with E-state index in [1.807, 2.05) is 43.3 Å². The van der Waals surface area contributed by atoms with Crippen molar-refractivity contribution in [3.8, 4) is 11.8 Å². The van der Waals surface area contributed by atoms with Gasteiger partial charge in [-0.15, -0.1) is 0 Å². The van der Waals surface area contributed by atoms with Crippen molar-refractivity contribution >= 4 is 26.7 Å². The van der Waals surface area contributed by atoms with Crippen LogP contribution in [0.2, 0.25) is 0 Å². The van der Waals surface area contributed by atoms with E-state index in [1.165, 1.54) is 0 Å². The van der Waals surface area contributed by atoms with E-state index in [1.54, 1.807) is 0 Å². The van der Waals surface area contributed by atoms with Crippen molar-refractivity contribution < 1.29 is 4.74 Å². The van der Waals surface area contributed by atoms with Crippen molar-refractivity contribution in [3.63, 3.8) is 0 Å². The molecule has 0 radical (unpaired) electrons. The van der Waals surface area contributed by atoms with E-state index in [-0.39, 0.29) is 0 Å². The van der Waals surface area contributed by atoms with E-state index in [9.17, 15) is 0 Å². The molecule has 0 saturated carbocycles. The highest BCUT2D eigenvalue weighted by molar-refractivity contribution is 9.10. The van der Waals surface area contributed by atoms with Gasteiger partial charge in [0.05, 0.1) is 5.69 Å². The molecule has 21 heavy (non-hydrogen) atoms. The molecule has 1 heterocycles. The number of ether oxygens (including phenoxy) is 1. The van der Waals surface area contributed by atoms with Crippen molar-refractivity contribution in [2.75, 3.05) is 0 Å². The quantitative estimate of drug-likeness (QED) is 0.781. The number of aromatic nitrogens is 2. The zero-order valence-electron chi connectivity index (χ0n) is 11.5. The molecule has 5 heteroatoms. The molecule has 0 unspecified atom stereocenters. The summed E-state index contributed by atoms with van der Waals surface area (Å²) in [5.74, 6) is 0.707. The molecule has 0 atom stereocenters. The zero-order chi connectivity index (χ0) is 14.8. The minimum atomic E-state index is 0.326. The molecular weight excluding hydrogens is 330 g/mol. The van der Waals surface area contributed by atoms with Gasteiger partial charge in [0.1, 0.15) is 5.75 Å². The summed E-state index contributed by atoms with van der Waals surface area (Å²) in [7, 11) is 0. The lowest BCUT2D eigenvalue weighted by Gasteiger charge is -2.07. The molecule has 1 aromatic heterocycles. The van der Waals surface area contributed by atoms with E-state index in [0.717, 1.165) is 26.6 Å². The van der Waals surface area contributed by atoms with Gasteiger partial charge in [-0.25, -0.2) is 4.98 Å². The average molecular weight is 344 g/mol. The van der Waals surface area contributed by atoms with Crippen LogP contribution >= 0.6 is 15.9 Å². The van der Waals surface area contributed by atoms with E-state index in [2.05, 4.69) is 32.0 Å². The van der Waals surface area contributed by atoms with E-state index >= 15 is 0 Å². The second-order valence-electron chi connectivity index (χ2n) is 4.74. The third-order valence-corrected chi connectivity index (χ3v) is 3.57. The Morgan fingerprint density at radius 3 is 2.62 bits per heavy atom. The fraction of sp³-hybridized carbons (Fsp3) is 0.125. The molecule has 2 N–H and O–H groups in total. The lowest BCUT2D eigenvalue weighted by Crippen LogP contribution is -2.03. The molecule has 0 aliphatic heterocycles. The highest BCUT2D eigenvalue weighted by atomic mass is 79.9.